The molecule has 2 aromatic carbocycles. The van der Waals surface area contributed by atoms with Crippen LogP contribution in [0, 0.1) is 0 Å². The third-order valence-corrected chi connectivity index (χ3v) is 7.25. The Bertz CT molecular complexity index is 1630. The van der Waals surface area contributed by atoms with E-state index in [2.05, 4.69) is 10.2 Å². The van der Waals surface area contributed by atoms with E-state index in [1.54, 1.807) is 13.1 Å². The molecule has 35 heavy (non-hydrogen) atoms. The van der Waals surface area contributed by atoms with Crippen LogP contribution in [0.15, 0.2) is 77.6 Å². The molecule has 1 amide bonds. The van der Waals surface area contributed by atoms with Crippen LogP contribution in [0.1, 0.15) is 24.8 Å². The molecule has 0 bridgehead atoms. The second-order valence-electron chi connectivity index (χ2n) is 9.01. The molecular formula is C27H23N5O3. The Morgan fingerprint density at radius 3 is 2.43 bits per heavy atom. The number of hydrogen-bond donors (Lipinski definition) is 2. The van der Waals surface area contributed by atoms with Gasteiger partial charge in [-0.15, -0.1) is 0 Å². The van der Waals surface area contributed by atoms with Gasteiger partial charge in [0.15, 0.2) is 5.65 Å². The number of aromatic nitrogens is 4. The minimum Gasteiger partial charge on any atom is -0.465 e. The number of nitrogens with zero attached hydrogens (tertiary/aromatic N) is 4. The molecule has 0 aliphatic heterocycles. The molecule has 8 nitrogen and oxygen atoms in total. The fourth-order valence-corrected chi connectivity index (χ4v) is 5.13. The molecule has 0 unspecified atom stereocenters. The summed E-state index contributed by atoms with van der Waals surface area (Å²) in [6.07, 6.45) is 1.71. The lowest BCUT2D eigenvalue weighted by molar-refractivity contribution is 0.0378. The number of nitrogens with one attached hydrogen (secondary N) is 1. The quantitative estimate of drug-likeness (QED) is 0.393. The van der Waals surface area contributed by atoms with Gasteiger partial charge in [-0.3, -0.25) is 0 Å². The van der Waals surface area contributed by atoms with E-state index in [0.717, 1.165) is 47.2 Å². The molecule has 6 rings (SSSR count). The van der Waals surface area contributed by atoms with Crippen LogP contribution in [0.3, 0.4) is 0 Å². The van der Waals surface area contributed by atoms with Crippen LogP contribution in [-0.2, 0) is 5.54 Å². The third kappa shape index (κ3) is 3.21. The maximum absolute atomic E-state index is 12.4. The molecule has 0 atom stereocenters. The summed E-state index contributed by atoms with van der Waals surface area (Å²) < 4.78 is 1.53. The van der Waals surface area contributed by atoms with Gasteiger partial charge >= 0.3 is 11.8 Å². The Hall–Kier alpha value is -4.46. The van der Waals surface area contributed by atoms with Gasteiger partial charge in [0.05, 0.1) is 22.3 Å². The van der Waals surface area contributed by atoms with Gasteiger partial charge in [-0.25, -0.2) is 24.1 Å². The number of carboxylic acid groups (broad SMARTS) is 1. The first kappa shape index (κ1) is 21.1. The zero-order chi connectivity index (χ0) is 24.2. The van der Waals surface area contributed by atoms with Gasteiger partial charge in [0.1, 0.15) is 0 Å². The molecule has 174 valence electrons. The van der Waals surface area contributed by atoms with E-state index in [1.807, 2.05) is 66.7 Å². The Kier molecular flexibility index (Phi) is 4.70. The van der Waals surface area contributed by atoms with Crippen molar-refractivity contribution in [1.29, 1.82) is 0 Å². The van der Waals surface area contributed by atoms with Gasteiger partial charge in [0, 0.05) is 18.2 Å². The number of pyridine rings is 2. The smallest absolute Gasteiger partial charge is 0.407 e. The first-order chi connectivity index (χ1) is 17.0. The van der Waals surface area contributed by atoms with Crippen molar-refractivity contribution in [3.05, 3.63) is 88.8 Å². The van der Waals surface area contributed by atoms with Gasteiger partial charge in [0.2, 0.25) is 0 Å². The molecule has 1 fully saturated rings. The molecule has 0 spiro atoms. The number of carbonyl (C=O) groups is 1. The lowest BCUT2D eigenvalue weighted by Gasteiger charge is -2.47. The fourth-order valence-electron chi connectivity index (χ4n) is 5.13. The summed E-state index contributed by atoms with van der Waals surface area (Å²) in [6.45, 7) is 0. The van der Waals surface area contributed by atoms with E-state index in [1.165, 1.54) is 9.30 Å². The highest BCUT2D eigenvalue weighted by molar-refractivity contribution is 5.91. The van der Waals surface area contributed by atoms with E-state index in [4.69, 9.17) is 4.98 Å². The second-order valence-corrected chi connectivity index (χ2v) is 9.01. The van der Waals surface area contributed by atoms with Gasteiger partial charge in [-0.05, 0) is 48.6 Å². The maximum atomic E-state index is 12.4. The summed E-state index contributed by atoms with van der Waals surface area (Å²) in [5.41, 5.74) is 5.69. The second kappa shape index (κ2) is 7.80. The molecule has 1 saturated carbocycles. The van der Waals surface area contributed by atoms with Gasteiger partial charge in [-0.2, -0.15) is 5.10 Å². The summed E-state index contributed by atoms with van der Waals surface area (Å²) in [5.74, 6) is 0. The van der Waals surface area contributed by atoms with Crippen LogP contribution in [0.2, 0.25) is 0 Å². The molecular weight excluding hydrogens is 442 g/mol. The van der Waals surface area contributed by atoms with Gasteiger partial charge < -0.3 is 10.0 Å². The minimum atomic E-state index is -0.919. The molecule has 3 aromatic heterocycles. The van der Waals surface area contributed by atoms with Crippen LogP contribution >= 0.6 is 0 Å². The number of amides is 1. The highest BCUT2D eigenvalue weighted by Gasteiger charge is 2.44. The number of aromatic amines is 1. The lowest BCUT2D eigenvalue weighted by atomic mass is 9.70. The zero-order valence-electron chi connectivity index (χ0n) is 19.1. The number of hydrogen-bond acceptors (Lipinski definition) is 4. The number of fused-ring (bicyclic) bond motifs is 3. The Labute approximate surface area is 200 Å². The Morgan fingerprint density at radius 2 is 1.77 bits per heavy atom. The molecule has 5 aromatic rings. The molecule has 1 aliphatic carbocycles. The first-order valence-electron chi connectivity index (χ1n) is 11.5. The van der Waals surface area contributed by atoms with Crippen molar-refractivity contribution in [3.8, 4) is 22.4 Å². The van der Waals surface area contributed by atoms with E-state index >= 15 is 0 Å². The topological polar surface area (TPSA) is 104 Å². The summed E-state index contributed by atoms with van der Waals surface area (Å²) in [5, 5.41) is 16.2. The van der Waals surface area contributed by atoms with Crippen LogP contribution in [-0.4, -0.2) is 42.7 Å². The van der Waals surface area contributed by atoms with Crippen molar-refractivity contribution < 1.29 is 9.90 Å². The van der Waals surface area contributed by atoms with E-state index < -0.39 is 11.6 Å². The number of rotatable bonds is 4. The molecule has 0 saturated heterocycles. The van der Waals surface area contributed by atoms with Crippen molar-refractivity contribution in [3.63, 3.8) is 0 Å². The molecule has 8 heteroatoms. The van der Waals surface area contributed by atoms with Gasteiger partial charge in [-0.1, -0.05) is 54.6 Å². The van der Waals surface area contributed by atoms with Crippen LogP contribution in [0.4, 0.5) is 4.79 Å². The Balaban J connectivity index is 1.53. The molecule has 1 aliphatic rings. The van der Waals surface area contributed by atoms with Crippen LogP contribution in [0.5, 0.6) is 0 Å². The SMILES string of the molecule is CN(C(=O)O)C1(c2ccc(-c3nc4ccc5n[nH]c(=O)n5c4cc3-c3ccccc3)cc2)CCC1. The predicted octanol–water partition coefficient (Wildman–Crippen LogP) is 4.89. The maximum Gasteiger partial charge on any atom is 0.407 e. The van der Waals surface area contributed by atoms with Crippen LogP contribution < -0.4 is 5.69 Å². The first-order valence-corrected chi connectivity index (χ1v) is 11.5. The standard InChI is InChI=1S/C27H23N5O3/c1-31(26(34)35)27(14-5-15-27)19-10-8-18(9-11-19)24-20(17-6-3-2-4-7-17)16-22-21(28-24)12-13-23-29-30-25(33)32(22)23/h2-4,6-13,16H,5,14-15H2,1H3,(H,30,33)(H,34,35). The predicted molar refractivity (Wildman–Crippen MR) is 133 cm³/mol. The summed E-state index contributed by atoms with van der Waals surface area (Å²) >= 11 is 0. The summed E-state index contributed by atoms with van der Waals surface area (Å²) in [6, 6.07) is 23.6. The summed E-state index contributed by atoms with van der Waals surface area (Å²) in [4.78, 5) is 30.6. The van der Waals surface area contributed by atoms with E-state index in [0.29, 0.717) is 16.7 Å². The minimum absolute atomic E-state index is 0.308. The average molecular weight is 466 g/mol. The number of benzene rings is 2. The summed E-state index contributed by atoms with van der Waals surface area (Å²) in [7, 11) is 1.65. The van der Waals surface area contributed by atoms with Crippen molar-refractivity contribution in [2.45, 2.75) is 24.8 Å². The van der Waals surface area contributed by atoms with E-state index in [-0.39, 0.29) is 5.69 Å². The monoisotopic (exact) mass is 465 g/mol. The van der Waals surface area contributed by atoms with Crippen molar-refractivity contribution in [1.82, 2.24) is 24.5 Å². The van der Waals surface area contributed by atoms with E-state index in [9.17, 15) is 14.7 Å². The molecule has 2 N–H and O–H groups in total. The average Bonchev–Trinajstić information content (AvgIpc) is 3.24. The van der Waals surface area contributed by atoms with Crippen molar-refractivity contribution in [2.75, 3.05) is 7.05 Å². The largest absolute Gasteiger partial charge is 0.465 e. The Morgan fingerprint density at radius 1 is 1.03 bits per heavy atom. The normalized spacial score (nSPS) is 14.7. The molecule has 0 radical (unpaired) electrons. The van der Waals surface area contributed by atoms with Crippen molar-refractivity contribution in [2.24, 2.45) is 0 Å². The van der Waals surface area contributed by atoms with Gasteiger partial charge in [0.25, 0.3) is 0 Å². The lowest BCUT2D eigenvalue weighted by Crippen LogP contribution is -2.51. The number of H-pyrrole nitrogens is 1. The molecule has 3 heterocycles. The highest BCUT2D eigenvalue weighted by Crippen LogP contribution is 2.46. The van der Waals surface area contributed by atoms with Crippen molar-refractivity contribution >= 4 is 22.8 Å². The third-order valence-electron chi connectivity index (χ3n) is 7.25. The zero-order valence-corrected chi connectivity index (χ0v) is 19.1. The fraction of sp³-hybridized carbons (Fsp3) is 0.185. The highest BCUT2D eigenvalue weighted by atomic mass is 16.4. The van der Waals surface area contributed by atoms with Crippen LogP contribution in [0.25, 0.3) is 39.1 Å².